The standard InChI is InChI=1S/C16H14ClNO3/c17-11-5-6-13-10(7-11)8-14(18(13)9-16(20)21)12-3-1-2-4-15(12)19/h1-2,5-8,12H,3-4,9H2,(H,20,21). The number of hydrogen-bond donors (Lipinski definition) is 1. The average Bonchev–Trinajstić information content (AvgIpc) is 2.76. The first kappa shape index (κ1) is 13.9. The van der Waals surface area contributed by atoms with Gasteiger partial charge in [-0.15, -0.1) is 0 Å². The number of Topliss-reactive ketones (excluding diaryl/α,β-unsaturated/α-hetero) is 1. The highest BCUT2D eigenvalue weighted by atomic mass is 35.5. The van der Waals surface area contributed by atoms with Crippen molar-refractivity contribution in [2.45, 2.75) is 25.3 Å². The normalized spacial score (nSPS) is 18.3. The van der Waals surface area contributed by atoms with Gasteiger partial charge in [-0.05, 0) is 30.7 Å². The lowest BCUT2D eigenvalue weighted by Gasteiger charge is -2.19. The van der Waals surface area contributed by atoms with Gasteiger partial charge in [0.05, 0.1) is 5.92 Å². The van der Waals surface area contributed by atoms with Crippen LogP contribution in [-0.4, -0.2) is 21.4 Å². The van der Waals surface area contributed by atoms with E-state index in [1.807, 2.05) is 18.2 Å². The zero-order chi connectivity index (χ0) is 15.0. The number of carboxylic acid groups (broad SMARTS) is 1. The molecule has 1 aromatic heterocycles. The van der Waals surface area contributed by atoms with Crippen LogP contribution in [0.4, 0.5) is 0 Å². The Kier molecular flexibility index (Phi) is 3.55. The molecule has 21 heavy (non-hydrogen) atoms. The van der Waals surface area contributed by atoms with Crippen molar-refractivity contribution in [2.75, 3.05) is 0 Å². The Morgan fingerprint density at radius 2 is 2.14 bits per heavy atom. The van der Waals surface area contributed by atoms with Crippen molar-refractivity contribution in [1.29, 1.82) is 0 Å². The lowest BCUT2D eigenvalue weighted by atomic mass is 9.90. The summed E-state index contributed by atoms with van der Waals surface area (Å²) in [6.45, 7) is -0.159. The topological polar surface area (TPSA) is 59.3 Å². The number of aromatic nitrogens is 1. The second-order valence-corrected chi connectivity index (χ2v) is 5.62. The fourth-order valence-corrected chi connectivity index (χ4v) is 3.04. The summed E-state index contributed by atoms with van der Waals surface area (Å²) in [6.07, 6.45) is 4.85. The van der Waals surface area contributed by atoms with Crippen molar-refractivity contribution in [1.82, 2.24) is 4.57 Å². The Morgan fingerprint density at radius 1 is 1.33 bits per heavy atom. The highest BCUT2D eigenvalue weighted by Crippen LogP contribution is 2.32. The fourth-order valence-electron chi connectivity index (χ4n) is 2.85. The van der Waals surface area contributed by atoms with E-state index in [4.69, 9.17) is 16.7 Å². The van der Waals surface area contributed by atoms with Gasteiger partial charge in [0.1, 0.15) is 12.3 Å². The fraction of sp³-hybridized carbons (Fsp3) is 0.250. The molecule has 0 saturated carbocycles. The number of fused-ring (bicyclic) bond motifs is 1. The van der Waals surface area contributed by atoms with Gasteiger partial charge in [-0.2, -0.15) is 0 Å². The van der Waals surface area contributed by atoms with Crippen LogP contribution in [-0.2, 0) is 16.1 Å². The molecule has 1 aromatic carbocycles. The van der Waals surface area contributed by atoms with E-state index in [1.165, 1.54) is 0 Å². The van der Waals surface area contributed by atoms with Gasteiger partial charge < -0.3 is 9.67 Å². The summed E-state index contributed by atoms with van der Waals surface area (Å²) in [6, 6.07) is 7.20. The molecule has 0 fully saturated rings. The molecule has 0 spiro atoms. The van der Waals surface area contributed by atoms with Gasteiger partial charge in [-0.25, -0.2) is 0 Å². The van der Waals surface area contributed by atoms with E-state index < -0.39 is 5.97 Å². The number of carbonyl (C=O) groups is 2. The molecule has 1 heterocycles. The Morgan fingerprint density at radius 3 is 2.86 bits per heavy atom. The van der Waals surface area contributed by atoms with E-state index >= 15 is 0 Å². The van der Waals surface area contributed by atoms with Crippen LogP contribution in [0.3, 0.4) is 0 Å². The zero-order valence-electron chi connectivity index (χ0n) is 11.3. The third-order valence-corrected chi connectivity index (χ3v) is 4.03. The number of benzene rings is 1. The van der Waals surface area contributed by atoms with Gasteiger partial charge in [0, 0.05) is 28.0 Å². The van der Waals surface area contributed by atoms with Gasteiger partial charge in [0.15, 0.2) is 0 Å². The van der Waals surface area contributed by atoms with Gasteiger partial charge in [0.25, 0.3) is 0 Å². The van der Waals surface area contributed by atoms with Crippen LogP contribution in [0.5, 0.6) is 0 Å². The van der Waals surface area contributed by atoms with Crippen LogP contribution in [0, 0.1) is 0 Å². The van der Waals surface area contributed by atoms with E-state index in [2.05, 4.69) is 0 Å². The number of carbonyl (C=O) groups excluding carboxylic acids is 1. The number of allylic oxidation sites excluding steroid dienone is 2. The smallest absolute Gasteiger partial charge is 0.323 e. The van der Waals surface area contributed by atoms with E-state index in [9.17, 15) is 9.59 Å². The first-order valence-electron chi connectivity index (χ1n) is 6.74. The van der Waals surface area contributed by atoms with Crippen LogP contribution < -0.4 is 0 Å². The number of ketones is 1. The maximum atomic E-state index is 12.1. The summed E-state index contributed by atoms with van der Waals surface area (Å²) in [5.41, 5.74) is 1.54. The van der Waals surface area contributed by atoms with E-state index in [0.29, 0.717) is 17.9 Å². The lowest BCUT2D eigenvalue weighted by molar-refractivity contribution is -0.137. The van der Waals surface area contributed by atoms with Crippen molar-refractivity contribution < 1.29 is 14.7 Å². The summed E-state index contributed by atoms with van der Waals surface area (Å²) in [4.78, 5) is 23.3. The predicted molar refractivity (Wildman–Crippen MR) is 80.7 cm³/mol. The van der Waals surface area contributed by atoms with Crippen molar-refractivity contribution in [2.24, 2.45) is 0 Å². The van der Waals surface area contributed by atoms with Crippen LogP contribution in [0.25, 0.3) is 10.9 Å². The minimum atomic E-state index is -0.928. The number of hydrogen-bond acceptors (Lipinski definition) is 2. The van der Waals surface area contributed by atoms with Crippen molar-refractivity contribution in [3.8, 4) is 0 Å². The molecular formula is C16H14ClNO3. The summed E-state index contributed by atoms with van der Waals surface area (Å²) < 4.78 is 1.70. The molecular weight excluding hydrogens is 290 g/mol. The molecule has 5 heteroatoms. The molecule has 1 atom stereocenters. The molecule has 1 aliphatic carbocycles. The molecule has 0 saturated heterocycles. The van der Waals surface area contributed by atoms with Crippen molar-refractivity contribution in [3.63, 3.8) is 0 Å². The molecule has 1 N–H and O–H groups in total. The Labute approximate surface area is 126 Å². The van der Waals surface area contributed by atoms with E-state index in [-0.39, 0.29) is 18.2 Å². The highest BCUT2D eigenvalue weighted by Gasteiger charge is 2.26. The molecule has 0 radical (unpaired) electrons. The number of nitrogens with zero attached hydrogens (tertiary/aromatic N) is 1. The Bertz CT molecular complexity index is 760. The first-order valence-corrected chi connectivity index (χ1v) is 7.12. The zero-order valence-corrected chi connectivity index (χ0v) is 12.0. The summed E-state index contributed by atoms with van der Waals surface area (Å²) in [5.74, 6) is -1.08. The maximum Gasteiger partial charge on any atom is 0.323 e. The molecule has 4 nitrogen and oxygen atoms in total. The Balaban J connectivity index is 2.17. The molecule has 108 valence electrons. The lowest BCUT2D eigenvalue weighted by Crippen LogP contribution is -2.20. The van der Waals surface area contributed by atoms with Gasteiger partial charge in [-0.1, -0.05) is 23.8 Å². The second-order valence-electron chi connectivity index (χ2n) is 5.18. The summed E-state index contributed by atoms with van der Waals surface area (Å²) >= 11 is 6.00. The number of halogens is 1. The average molecular weight is 304 g/mol. The van der Waals surface area contributed by atoms with E-state index in [1.54, 1.807) is 22.8 Å². The largest absolute Gasteiger partial charge is 0.480 e. The highest BCUT2D eigenvalue weighted by molar-refractivity contribution is 6.31. The second kappa shape index (κ2) is 5.37. The van der Waals surface area contributed by atoms with Crippen LogP contribution in [0.2, 0.25) is 5.02 Å². The summed E-state index contributed by atoms with van der Waals surface area (Å²) in [5, 5.41) is 10.6. The van der Waals surface area contributed by atoms with Gasteiger partial charge >= 0.3 is 5.97 Å². The number of aliphatic carboxylic acids is 1. The first-order chi connectivity index (χ1) is 10.1. The number of carboxylic acids is 1. The minimum absolute atomic E-state index is 0.123. The van der Waals surface area contributed by atoms with Crippen LogP contribution in [0.1, 0.15) is 24.5 Å². The molecule has 0 bridgehead atoms. The van der Waals surface area contributed by atoms with Crippen molar-refractivity contribution >= 4 is 34.3 Å². The molecule has 1 unspecified atom stereocenters. The minimum Gasteiger partial charge on any atom is -0.480 e. The molecule has 3 rings (SSSR count). The van der Waals surface area contributed by atoms with Gasteiger partial charge in [0.2, 0.25) is 0 Å². The molecule has 1 aliphatic rings. The SMILES string of the molecule is O=C(O)Cn1c(C2CC=CCC2=O)cc2cc(Cl)ccc21. The number of rotatable bonds is 3. The van der Waals surface area contributed by atoms with Crippen LogP contribution in [0.15, 0.2) is 36.4 Å². The van der Waals surface area contributed by atoms with E-state index in [0.717, 1.165) is 16.6 Å². The third-order valence-electron chi connectivity index (χ3n) is 3.79. The van der Waals surface area contributed by atoms with Gasteiger partial charge in [-0.3, -0.25) is 9.59 Å². The molecule has 0 aliphatic heterocycles. The third kappa shape index (κ3) is 2.59. The predicted octanol–water partition coefficient (Wildman–Crippen LogP) is 3.38. The van der Waals surface area contributed by atoms with Crippen molar-refractivity contribution in [3.05, 3.63) is 47.1 Å². The quantitative estimate of drug-likeness (QED) is 0.884. The summed E-state index contributed by atoms with van der Waals surface area (Å²) in [7, 11) is 0. The molecule has 2 aromatic rings. The van der Waals surface area contributed by atoms with Crippen LogP contribution >= 0.6 is 11.6 Å². The monoisotopic (exact) mass is 303 g/mol. The molecule has 0 amide bonds. The maximum absolute atomic E-state index is 12.1. The Hall–Kier alpha value is -2.07.